The van der Waals surface area contributed by atoms with E-state index in [1.165, 1.54) is 5.56 Å². The van der Waals surface area contributed by atoms with Crippen LogP contribution in [0.4, 0.5) is 5.69 Å². The number of carbonyl (C=O) groups excluding carboxylic acids is 2. The molecule has 152 valence electrons. The Morgan fingerprint density at radius 1 is 1.07 bits per heavy atom. The van der Waals surface area contributed by atoms with Gasteiger partial charge in [-0.25, -0.2) is 0 Å². The summed E-state index contributed by atoms with van der Waals surface area (Å²) < 4.78 is 5.61. The van der Waals surface area contributed by atoms with Crippen molar-refractivity contribution in [3.63, 3.8) is 0 Å². The number of aliphatic hydroxyl groups is 1. The van der Waals surface area contributed by atoms with Crippen molar-refractivity contribution in [2.24, 2.45) is 17.3 Å². The van der Waals surface area contributed by atoms with Crippen molar-refractivity contribution in [3.05, 3.63) is 29.8 Å². The van der Waals surface area contributed by atoms with Crippen LogP contribution in [0, 0.1) is 17.3 Å². The molecule has 5 rings (SSSR count). The summed E-state index contributed by atoms with van der Waals surface area (Å²) in [6, 6.07) is 7.73. The van der Waals surface area contributed by atoms with Gasteiger partial charge in [0.15, 0.2) is 6.10 Å². The van der Waals surface area contributed by atoms with Gasteiger partial charge in [0.05, 0.1) is 11.0 Å². The molecule has 4 bridgehead atoms. The lowest BCUT2D eigenvalue weighted by molar-refractivity contribution is -0.199. The van der Waals surface area contributed by atoms with Gasteiger partial charge < -0.3 is 15.2 Å². The molecule has 0 aliphatic heterocycles. The van der Waals surface area contributed by atoms with Gasteiger partial charge in [0.1, 0.15) is 0 Å². The predicted molar refractivity (Wildman–Crippen MR) is 107 cm³/mol. The normalized spacial score (nSPS) is 34.3. The van der Waals surface area contributed by atoms with E-state index >= 15 is 0 Å². The van der Waals surface area contributed by atoms with Crippen LogP contribution in [0.3, 0.4) is 0 Å². The Morgan fingerprint density at radius 3 is 2.21 bits per heavy atom. The molecular weight excluding hydrogens is 354 g/mol. The number of hydrogen-bond acceptors (Lipinski definition) is 4. The minimum atomic E-state index is -0.861. The number of carbonyl (C=O) groups is 2. The summed E-state index contributed by atoms with van der Waals surface area (Å²) in [5.41, 5.74) is 0.581. The molecule has 1 aromatic rings. The van der Waals surface area contributed by atoms with Gasteiger partial charge >= 0.3 is 5.97 Å². The zero-order valence-corrected chi connectivity index (χ0v) is 17.0. The van der Waals surface area contributed by atoms with Gasteiger partial charge in [-0.15, -0.1) is 0 Å². The number of benzene rings is 1. The van der Waals surface area contributed by atoms with Crippen molar-refractivity contribution in [1.29, 1.82) is 0 Å². The van der Waals surface area contributed by atoms with E-state index in [4.69, 9.17) is 4.74 Å². The Bertz CT molecular complexity index is 755. The van der Waals surface area contributed by atoms with Crippen LogP contribution in [0.2, 0.25) is 0 Å². The van der Waals surface area contributed by atoms with E-state index in [9.17, 15) is 14.7 Å². The number of esters is 1. The second-order valence-electron chi connectivity index (χ2n) is 9.78. The van der Waals surface area contributed by atoms with Gasteiger partial charge in [-0.05, 0) is 80.9 Å². The maximum absolute atomic E-state index is 13.0. The van der Waals surface area contributed by atoms with E-state index in [-0.39, 0.29) is 11.9 Å². The van der Waals surface area contributed by atoms with E-state index in [0.29, 0.717) is 29.9 Å². The highest BCUT2D eigenvalue weighted by Crippen LogP contribution is 2.62. The Labute approximate surface area is 166 Å². The number of amides is 1. The van der Waals surface area contributed by atoms with E-state index in [1.54, 1.807) is 6.92 Å². The first-order valence-corrected chi connectivity index (χ1v) is 10.5. The third-order valence-corrected chi connectivity index (χ3v) is 6.96. The number of rotatable bonds is 5. The van der Waals surface area contributed by atoms with Crippen LogP contribution in [0.25, 0.3) is 0 Å². The van der Waals surface area contributed by atoms with Crippen LogP contribution in [0.5, 0.6) is 0 Å². The topological polar surface area (TPSA) is 75.6 Å². The third-order valence-electron chi connectivity index (χ3n) is 6.96. The fraction of sp³-hybridized carbons (Fsp3) is 0.652. The molecule has 0 aromatic heterocycles. The summed E-state index contributed by atoms with van der Waals surface area (Å²) in [6.07, 6.45) is 3.92. The molecule has 0 saturated heterocycles. The molecule has 0 spiro atoms. The van der Waals surface area contributed by atoms with Crippen molar-refractivity contribution in [2.75, 3.05) is 5.32 Å². The van der Waals surface area contributed by atoms with Gasteiger partial charge in [0.25, 0.3) is 5.91 Å². The third kappa shape index (κ3) is 3.57. The monoisotopic (exact) mass is 385 g/mol. The van der Waals surface area contributed by atoms with E-state index in [1.807, 2.05) is 24.3 Å². The van der Waals surface area contributed by atoms with Crippen molar-refractivity contribution >= 4 is 17.6 Å². The van der Waals surface area contributed by atoms with E-state index in [0.717, 1.165) is 32.1 Å². The van der Waals surface area contributed by atoms with Crippen LogP contribution in [0.1, 0.15) is 70.8 Å². The number of nitrogens with one attached hydrogen (secondary N) is 1. The summed E-state index contributed by atoms with van der Waals surface area (Å²) in [5, 5.41) is 13.7. The lowest BCUT2D eigenvalue weighted by Crippen LogP contribution is -2.59. The van der Waals surface area contributed by atoms with Crippen LogP contribution < -0.4 is 5.32 Å². The molecule has 1 aromatic carbocycles. The summed E-state index contributed by atoms with van der Waals surface area (Å²) in [4.78, 5) is 25.5. The second-order valence-corrected chi connectivity index (χ2v) is 9.78. The van der Waals surface area contributed by atoms with Gasteiger partial charge in [0, 0.05) is 5.69 Å². The van der Waals surface area contributed by atoms with E-state index in [2.05, 4.69) is 19.2 Å². The second kappa shape index (κ2) is 6.87. The number of anilines is 1. The Hall–Kier alpha value is -1.88. The molecule has 5 nitrogen and oxygen atoms in total. The Kier molecular flexibility index (Phi) is 4.77. The molecular formula is C23H31NO4. The molecule has 4 fully saturated rings. The predicted octanol–water partition coefficient (Wildman–Crippen LogP) is 4.01. The molecule has 5 heteroatoms. The van der Waals surface area contributed by atoms with Crippen molar-refractivity contribution in [2.45, 2.75) is 76.9 Å². The molecule has 2 N–H and O–H groups in total. The summed E-state index contributed by atoms with van der Waals surface area (Å²) in [6.45, 7) is 5.86. The highest BCUT2D eigenvalue weighted by Gasteiger charge is 2.61. The molecule has 28 heavy (non-hydrogen) atoms. The minimum absolute atomic E-state index is 0.308. The Balaban J connectivity index is 1.38. The summed E-state index contributed by atoms with van der Waals surface area (Å²) in [5.74, 6) is 0.608. The molecule has 0 radical (unpaired) electrons. The van der Waals surface area contributed by atoms with Crippen molar-refractivity contribution in [1.82, 2.24) is 0 Å². The average molecular weight is 386 g/mol. The fourth-order valence-electron chi connectivity index (χ4n) is 5.99. The van der Waals surface area contributed by atoms with Gasteiger partial charge in [-0.3, -0.25) is 9.59 Å². The lowest BCUT2D eigenvalue weighted by atomic mass is 9.48. The SMILES string of the molecule is CC(C)c1ccc(NC(=O)[C@H](C)OC(=O)C23C[C@@H]4C[C@@H](CC(O)(C4)C2)C3)cc1. The van der Waals surface area contributed by atoms with Gasteiger partial charge in [-0.1, -0.05) is 26.0 Å². The van der Waals surface area contributed by atoms with Crippen LogP contribution in [0.15, 0.2) is 24.3 Å². The van der Waals surface area contributed by atoms with Gasteiger partial charge in [-0.2, -0.15) is 0 Å². The molecule has 4 aliphatic rings. The highest BCUT2D eigenvalue weighted by atomic mass is 16.5. The van der Waals surface area contributed by atoms with Crippen LogP contribution in [-0.2, 0) is 14.3 Å². The first kappa shape index (κ1) is 19.4. The molecule has 0 heterocycles. The molecule has 4 aliphatic carbocycles. The number of ether oxygens (including phenoxy) is 1. The maximum atomic E-state index is 13.0. The molecule has 4 saturated carbocycles. The quantitative estimate of drug-likeness (QED) is 0.751. The smallest absolute Gasteiger partial charge is 0.312 e. The number of hydrogen-bond donors (Lipinski definition) is 2. The van der Waals surface area contributed by atoms with E-state index < -0.39 is 17.1 Å². The van der Waals surface area contributed by atoms with Gasteiger partial charge in [0.2, 0.25) is 0 Å². The van der Waals surface area contributed by atoms with Crippen LogP contribution >= 0.6 is 0 Å². The summed E-state index contributed by atoms with van der Waals surface area (Å²) in [7, 11) is 0. The Morgan fingerprint density at radius 2 is 1.68 bits per heavy atom. The maximum Gasteiger partial charge on any atom is 0.312 e. The van der Waals surface area contributed by atoms with Crippen LogP contribution in [-0.4, -0.2) is 28.7 Å². The first-order valence-electron chi connectivity index (χ1n) is 10.5. The highest BCUT2D eigenvalue weighted by molar-refractivity contribution is 5.95. The largest absolute Gasteiger partial charge is 0.452 e. The average Bonchev–Trinajstić information content (AvgIpc) is 2.59. The zero-order valence-electron chi connectivity index (χ0n) is 17.0. The molecule has 2 unspecified atom stereocenters. The van der Waals surface area contributed by atoms with Crippen molar-refractivity contribution < 1.29 is 19.4 Å². The van der Waals surface area contributed by atoms with Crippen molar-refractivity contribution in [3.8, 4) is 0 Å². The minimum Gasteiger partial charge on any atom is -0.452 e. The summed E-state index contributed by atoms with van der Waals surface area (Å²) >= 11 is 0. The first-order chi connectivity index (χ1) is 13.2. The zero-order chi connectivity index (χ0) is 20.1. The molecule has 1 amide bonds. The lowest BCUT2D eigenvalue weighted by Gasteiger charge is -2.58. The fourth-order valence-corrected chi connectivity index (χ4v) is 5.99. The molecule has 5 atom stereocenters. The standard InChI is InChI=1S/C23H31NO4/c1-14(2)18-4-6-19(7-5-18)24-20(25)15(3)28-21(26)22-9-16-8-17(10-22)12-23(27,11-16)13-22/h4-7,14-17,27H,8-13H2,1-3H3,(H,24,25)/t15-,16-,17+,22?,23?/m0/s1.